The van der Waals surface area contributed by atoms with Crippen LogP contribution in [0.2, 0.25) is 5.02 Å². The number of carbonyl (C=O) groups is 3. The Labute approximate surface area is 209 Å². The highest BCUT2D eigenvalue weighted by Gasteiger charge is 2.30. The highest BCUT2D eigenvalue weighted by atomic mass is 35.5. The van der Waals surface area contributed by atoms with Crippen LogP contribution >= 0.6 is 22.9 Å². The fourth-order valence-corrected chi connectivity index (χ4v) is 6.02. The first-order chi connectivity index (χ1) is 16.8. The Kier molecular flexibility index (Phi) is 6.21. The van der Waals surface area contributed by atoms with Crippen molar-refractivity contribution in [1.82, 2.24) is 4.90 Å². The lowest BCUT2D eigenvalue weighted by Gasteiger charge is -2.27. The summed E-state index contributed by atoms with van der Waals surface area (Å²) in [4.78, 5) is 41.2. The Morgan fingerprint density at radius 1 is 1.14 bits per heavy atom. The van der Waals surface area contributed by atoms with Gasteiger partial charge in [0.05, 0.1) is 24.3 Å². The minimum Gasteiger partial charge on any atom is -0.366 e. The topological polar surface area (TPSA) is 105 Å². The van der Waals surface area contributed by atoms with Gasteiger partial charge in [-0.3, -0.25) is 14.4 Å². The standard InChI is InChI=1S/C25H20ClFN4O3S/c26-16-4-3-13(19(27)9-16)7-17(32)10-21-23(24(28)33)18-5-6-31(12-22(18)35-21)25(34)14-1-2-15-11-29-30-20(15)8-14/h1-4,8-9H,5-7,10-12H2,(H2,28,33). The van der Waals surface area contributed by atoms with Crippen molar-refractivity contribution in [2.24, 2.45) is 16.0 Å². The number of nitrogens with two attached hydrogens (primary N) is 1. The van der Waals surface area contributed by atoms with Crippen LogP contribution in [0, 0.1) is 5.82 Å². The number of Topliss-reactive ketones (excluding diaryl/α,β-unsaturated/α-hetero) is 1. The lowest BCUT2D eigenvalue weighted by Crippen LogP contribution is -2.36. The maximum Gasteiger partial charge on any atom is 0.254 e. The van der Waals surface area contributed by atoms with Crippen LogP contribution < -0.4 is 5.73 Å². The van der Waals surface area contributed by atoms with Crippen LogP contribution in [0.25, 0.3) is 0 Å². The second kappa shape index (κ2) is 9.31. The highest BCUT2D eigenvalue weighted by Crippen LogP contribution is 2.35. The normalized spacial score (nSPS) is 14.1. The Morgan fingerprint density at radius 3 is 2.74 bits per heavy atom. The molecule has 7 nitrogen and oxygen atoms in total. The first kappa shape index (κ1) is 23.3. The van der Waals surface area contributed by atoms with Gasteiger partial charge in [0.1, 0.15) is 11.6 Å². The second-order valence-electron chi connectivity index (χ2n) is 8.51. The molecular weight excluding hydrogens is 491 g/mol. The van der Waals surface area contributed by atoms with E-state index in [2.05, 4.69) is 10.2 Å². The van der Waals surface area contributed by atoms with Crippen molar-refractivity contribution in [2.45, 2.75) is 32.4 Å². The molecule has 5 rings (SSSR count). The summed E-state index contributed by atoms with van der Waals surface area (Å²) in [6.45, 7) is 1.26. The number of rotatable bonds is 6. The van der Waals surface area contributed by atoms with E-state index >= 15 is 0 Å². The average Bonchev–Trinajstić information content (AvgIpc) is 3.43. The number of benzene rings is 2. The van der Waals surface area contributed by atoms with Gasteiger partial charge in [-0.2, -0.15) is 10.2 Å². The van der Waals surface area contributed by atoms with Gasteiger partial charge in [-0.25, -0.2) is 4.39 Å². The molecule has 0 bridgehead atoms. The zero-order valence-corrected chi connectivity index (χ0v) is 20.1. The molecule has 2 aromatic carbocycles. The Balaban J connectivity index is 1.35. The van der Waals surface area contributed by atoms with Crippen molar-refractivity contribution in [3.05, 3.63) is 84.8 Å². The maximum absolute atomic E-state index is 14.1. The molecule has 0 saturated heterocycles. The molecule has 178 valence electrons. The number of carbonyl (C=O) groups excluding carboxylic acids is 3. The molecule has 2 aliphatic heterocycles. The molecule has 1 aromatic heterocycles. The number of azo groups is 1. The largest absolute Gasteiger partial charge is 0.366 e. The van der Waals surface area contributed by atoms with Gasteiger partial charge in [-0.15, -0.1) is 11.3 Å². The van der Waals surface area contributed by atoms with Crippen molar-refractivity contribution < 1.29 is 18.8 Å². The first-order valence-electron chi connectivity index (χ1n) is 11.0. The molecule has 2 aliphatic rings. The zero-order chi connectivity index (χ0) is 24.7. The Hall–Kier alpha value is -3.43. The van der Waals surface area contributed by atoms with Crippen molar-refractivity contribution in [3.8, 4) is 0 Å². The predicted octanol–water partition coefficient (Wildman–Crippen LogP) is 4.79. The van der Waals surface area contributed by atoms with Gasteiger partial charge in [0.2, 0.25) is 5.91 Å². The fraction of sp³-hybridized carbons (Fsp3) is 0.240. The van der Waals surface area contributed by atoms with E-state index in [1.165, 1.54) is 23.5 Å². The number of thiophene rings is 1. The smallest absolute Gasteiger partial charge is 0.254 e. The quantitative estimate of drug-likeness (QED) is 0.515. The monoisotopic (exact) mass is 510 g/mol. The molecular formula is C25H20ClFN4O3S. The number of ketones is 1. The molecule has 35 heavy (non-hydrogen) atoms. The van der Waals surface area contributed by atoms with Crippen LogP contribution in [0.1, 0.15) is 47.2 Å². The number of hydrogen-bond acceptors (Lipinski definition) is 6. The first-order valence-corrected chi connectivity index (χ1v) is 12.2. The second-order valence-corrected chi connectivity index (χ2v) is 10.1. The summed E-state index contributed by atoms with van der Waals surface area (Å²) >= 11 is 7.09. The molecule has 0 unspecified atom stereocenters. The summed E-state index contributed by atoms with van der Waals surface area (Å²) < 4.78 is 14.1. The van der Waals surface area contributed by atoms with E-state index in [9.17, 15) is 18.8 Å². The number of primary amides is 1. The summed E-state index contributed by atoms with van der Waals surface area (Å²) in [6, 6.07) is 9.55. The molecule has 2 N–H and O–H groups in total. The van der Waals surface area contributed by atoms with Gasteiger partial charge in [0, 0.05) is 45.3 Å². The molecule has 0 fully saturated rings. The zero-order valence-electron chi connectivity index (χ0n) is 18.5. The highest BCUT2D eigenvalue weighted by molar-refractivity contribution is 7.12. The van der Waals surface area contributed by atoms with Gasteiger partial charge in [-0.1, -0.05) is 23.7 Å². The van der Waals surface area contributed by atoms with E-state index < -0.39 is 11.7 Å². The van der Waals surface area contributed by atoms with Crippen molar-refractivity contribution in [2.75, 3.05) is 6.54 Å². The summed E-state index contributed by atoms with van der Waals surface area (Å²) in [5, 5.41) is 8.31. The maximum atomic E-state index is 14.1. The van der Waals surface area contributed by atoms with Gasteiger partial charge in [0.15, 0.2) is 0 Å². The van der Waals surface area contributed by atoms with E-state index in [4.69, 9.17) is 17.3 Å². The van der Waals surface area contributed by atoms with Crippen molar-refractivity contribution >= 4 is 46.2 Å². The summed E-state index contributed by atoms with van der Waals surface area (Å²) in [5.74, 6) is -1.53. The lowest BCUT2D eigenvalue weighted by atomic mass is 9.98. The van der Waals surface area contributed by atoms with Crippen LogP contribution in [0.5, 0.6) is 0 Å². The number of nitrogens with zero attached hydrogens (tertiary/aromatic N) is 3. The average molecular weight is 511 g/mol. The fourth-order valence-electron chi connectivity index (χ4n) is 4.46. The minimum atomic E-state index is -0.605. The lowest BCUT2D eigenvalue weighted by molar-refractivity contribution is -0.117. The van der Waals surface area contributed by atoms with E-state index in [1.807, 2.05) is 6.07 Å². The SMILES string of the molecule is NC(=O)c1c(CC(=O)Cc2ccc(Cl)cc2F)sc2c1CCN(C(=O)c1ccc3c(c1)N=NC3)C2. The van der Waals surface area contributed by atoms with E-state index in [1.54, 1.807) is 17.0 Å². The molecule has 2 amide bonds. The van der Waals surface area contributed by atoms with E-state index in [0.717, 1.165) is 22.1 Å². The van der Waals surface area contributed by atoms with Crippen molar-refractivity contribution in [1.29, 1.82) is 0 Å². The van der Waals surface area contributed by atoms with Crippen LogP contribution in [-0.4, -0.2) is 29.0 Å². The minimum absolute atomic E-state index is 0.0399. The van der Waals surface area contributed by atoms with Crippen LogP contribution in [0.15, 0.2) is 46.6 Å². The van der Waals surface area contributed by atoms with E-state index in [-0.39, 0.29) is 35.1 Å². The summed E-state index contributed by atoms with van der Waals surface area (Å²) in [5.41, 5.74) is 9.27. The number of hydrogen-bond donors (Lipinski definition) is 1. The number of fused-ring (bicyclic) bond motifs is 2. The Morgan fingerprint density at radius 2 is 1.97 bits per heavy atom. The Bertz CT molecular complexity index is 1420. The van der Waals surface area contributed by atoms with Crippen LogP contribution in [0.3, 0.4) is 0 Å². The van der Waals surface area contributed by atoms with Crippen LogP contribution in [-0.2, 0) is 37.1 Å². The van der Waals surface area contributed by atoms with E-state index in [0.29, 0.717) is 47.7 Å². The molecule has 0 saturated carbocycles. The third kappa shape index (κ3) is 4.61. The third-order valence-electron chi connectivity index (χ3n) is 6.18. The molecule has 3 heterocycles. The van der Waals surface area contributed by atoms with Gasteiger partial charge < -0.3 is 10.6 Å². The summed E-state index contributed by atoms with van der Waals surface area (Å²) in [6.07, 6.45) is 0.298. The van der Waals surface area contributed by atoms with Gasteiger partial charge in [-0.05, 0) is 41.8 Å². The van der Waals surface area contributed by atoms with Gasteiger partial charge in [0.25, 0.3) is 5.91 Å². The molecule has 10 heteroatoms. The van der Waals surface area contributed by atoms with Crippen LogP contribution in [0.4, 0.5) is 10.1 Å². The number of amides is 2. The predicted molar refractivity (Wildman–Crippen MR) is 130 cm³/mol. The van der Waals surface area contributed by atoms with Gasteiger partial charge >= 0.3 is 0 Å². The molecule has 0 spiro atoms. The van der Waals surface area contributed by atoms with Crippen molar-refractivity contribution in [3.63, 3.8) is 0 Å². The third-order valence-corrected chi connectivity index (χ3v) is 7.63. The molecule has 0 atom stereocenters. The number of halogens is 2. The molecule has 3 aromatic rings. The molecule has 0 radical (unpaired) electrons. The summed E-state index contributed by atoms with van der Waals surface area (Å²) in [7, 11) is 0. The molecule has 0 aliphatic carbocycles.